The summed E-state index contributed by atoms with van der Waals surface area (Å²) in [6.45, 7) is 8.43. The molecule has 3 heterocycles. The summed E-state index contributed by atoms with van der Waals surface area (Å²) in [4.78, 5) is 9.86. The Morgan fingerprint density at radius 1 is 0.905 bits per heavy atom. The van der Waals surface area contributed by atoms with Crippen molar-refractivity contribution in [2.45, 2.75) is 32.2 Å². The van der Waals surface area contributed by atoms with Crippen LogP contribution in [0.1, 0.15) is 30.7 Å². The van der Waals surface area contributed by atoms with Gasteiger partial charge >= 0.3 is 0 Å². The minimum absolute atomic E-state index is 0.856. The number of morpholine rings is 1. The molecule has 0 aromatic carbocycles. The van der Waals surface area contributed by atoms with Crippen LogP contribution in [0.5, 0.6) is 0 Å². The van der Waals surface area contributed by atoms with Crippen molar-refractivity contribution in [3.63, 3.8) is 0 Å². The second-order valence-electron chi connectivity index (χ2n) is 6.16. The van der Waals surface area contributed by atoms with Crippen molar-refractivity contribution in [1.29, 1.82) is 0 Å². The fraction of sp³-hybridized carbons (Fsp3) is 0.706. The Hall–Kier alpha value is -0.970. The zero-order valence-electron chi connectivity index (χ0n) is 13.0. The quantitative estimate of drug-likeness (QED) is 0.828. The molecule has 1 aromatic rings. The number of pyridine rings is 1. The molecule has 0 radical (unpaired) electrons. The van der Waals surface area contributed by atoms with Crippen LogP contribution in [0.4, 0.5) is 0 Å². The second kappa shape index (κ2) is 7.87. The Labute approximate surface area is 128 Å². The molecule has 2 fully saturated rings. The number of likely N-dealkylation sites (tertiary alicyclic amines) is 1. The molecule has 0 amide bonds. The maximum Gasteiger partial charge on any atom is 0.0594 e. The van der Waals surface area contributed by atoms with Gasteiger partial charge in [0.05, 0.1) is 18.9 Å². The third-order valence-corrected chi connectivity index (χ3v) is 4.49. The third kappa shape index (κ3) is 4.77. The number of hydrogen-bond donors (Lipinski definition) is 0. The van der Waals surface area contributed by atoms with E-state index in [1.165, 1.54) is 43.7 Å². The molecule has 0 bridgehead atoms. The fourth-order valence-corrected chi connectivity index (χ4v) is 3.20. The average molecular weight is 289 g/mol. The zero-order chi connectivity index (χ0) is 14.3. The van der Waals surface area contributed by atoms with Gasteiger partial charge in [0.2, 0.25) is 0 Å². The lowest BCUT2D eigenvalue weighted by Crippen LogP contribution is -2.36. The Bertz CT molecular complexity index is 426. The number of piperidine rings is 1. The van der Waals surface area contributed by atoms with E-state index in [4.69, 9.17) is 9.72 Å². The molecule has 4 nitrogen and oxygen atoms in total. The lowest BCUT2D eigenvalue weighted by Gasteiger charge is -2.27. The maximum atomic E-state index is 5.40. The van der Waals surface area contributed by atoms with E-state index in [-0.39, 0.29) is 0 Å². The lowest BCUT2D eigenvalue weighted by molar-refractivity contribution is 0.0336. The molecule has 2 saturated heterocycles. The van der Waals surface area contributed by atoms with Crippen molar-refractivity contribution in [3.05, 3.63) is 29.6 Å². The van der Waals surface area contributed by atoms with Gasteiger partial charge in [0.15, 0.2) is 0 Å². The van der Waals surface area contributed by atoms with Crippen LogP contribution >= 0.6 is 0 Å². The average Bonchev–Trinajstić information content (AvgIpc) is 2.55. The van der Waals surface area contributed by atoms with Crippen molar-refractivity contribution in [3.8, 4) is 0 Å². The maximum absolute atomic E-state index is 5.40. The summed E-state index contributed by atoms with van der Waals surface area (Å²) in [5.74, 6) is 0. The highest BCUT2D eigenvalue weighted by molar-refractivity contribution is 5.11. The highest BCUT2D eigenvalue weighted by atomic mass is 16.5. The summed E-state index contributed by atoms with van der Waals surface area (Å²) in [5, 5.41) is 0. The number of nitrogens with zero attached hydrogens (tertiary/aromatic N) is 3. The van der Waals surface area contributed by atoms with Gasteiger partial charge in [0.25, 0.3) is 0 Å². The van der Waals surface area contributed by atoms with Crippen LogP contribution in [-0.4, -0.2) is 60.7 Å². The van der Waals surface area contributed by atoms with Gasteiger partial charge in [-0.25, -0.2) is 0 Å². The molecule has 0 unspecified atom stereocenters. The van der Waals surface area contributed by atoms with Crippen LogP contribution in [0.2, 0.25) is 0 Å². The Kier molecular flexibility index (Phi) is 5.60. The molecule has 0 saturated carbocycles. The van der Waals surface area contributed by atoms with E-state index in [1.54, 1.807) is 0 Å². The summed E-state index contributed by atoms with van der Waals surface area (Å²) in [7, 11) is 0. The van der Waals surface area contributed by atoms with Crippen LogP contribution in [-0.2, 0) is 17.7 Å². The summed E-state index contributed by atoms with van der Waals surface area (Å²) in [6.07, 6.45) is 5.22. The Morgan fingerprint density at radius 2 is 1.67 bits per heavy atom. The first kappa shape index (κ1) is 14.9. The highest BCUT2D eigenvalue weighted by Gasteiger charge is 2.12. The number of rotatable bonds is 5. The predicted octanol–water partition coefficient (Wildman–Crippen LogP) is 1.94. The van der Waals surface area contributed by atoms with Crippen LogP contribution < -0.4 is 0 Å². The molecule has 0 atom stereocenters. The minimum atomic E-state index is 0.856. The topological polar surface area (TPSA) is 28.6 Å². The first-order valence-electron chi connectivity index (χ1n) is 8.37. The minimum Gasteiger partial charge on any atom is -0.379 e. The molecular formula is C17H27N3O. The van der Waals surface area contributed by atoms with Crippen molar-refractivity contribution in [1.82, 2.24) is 14.8 Å². The van der Waals surface area contributed by atoms with E-state index in [0.29, 0.717) is 0 Å². The van der Waals surface area contributed by atoms with Gasteiger partial charge in [-0.2, -0.15) is 0 Å². The summed E-state index contributed by atoms with van der Waals surface area (Å²) in [5.41, 5.74) is 2.44. The van der Waals surface area contributed by atoms with E-state index in [0.717, 1.165) is 45.8 Å². The van der Waals surface area contributed by atoms with Gasteiger partial charge in [0, 0.05) is 38.3 Å². The van der Waals surface area contributed by atoms with Crippen LogP contribution in [0.15, 0.2) is 18.2 Å². The van der Waals surface area contributed by atoms with Gasteiger partial charge in [-0.15, -0.1) is 0 Å². The van der Waals surface area contributed by atoms with Crippen LogP contribution in [0.25, 0.3) is 0 Å². The van der Waals surface area contributed by atoms with Crippen molar-refractivity contribution in [2.75, 3.05) is 45.9 Å². The second-order valence-corrected chi connectivity index (χ2v) is 6.16. The Balaban J connectivity index is 1.50. The molecule has 4 heteroatoms. The zero-order valence-corrected chi connectivity index (χ0v) is 13.0. The molecule has 0 spiro atoms. The summed E-state index contributed by atoms with van der Waals surface area (Å²) < 4.78 is 5.40. The summed E-state index contributed by atoms with van der Waals surface area (Å²) >= 11 is 0. The molecule has 21 heavy (non-hydrogen) atoms. The van der Waals surface area contributed by atoms with Crippen molar-refractivity contribution in [2.24, 2.45) is 0 Å². The molecule has 2 aliphatic rings. The van der Waals surface area contributed by atoms with Crippen molar-refractivity contribution >= 4 is 0 Å². The molecular weight excluding hydrogens is 262 g/mol. The van der Waals surface area contributed by atoms with Gasteiger partial charge in [-0.05, 0) is 38.1 Å². The smallest absolute Gasteiger partial charge is 0.0594 e. The SMILES string of the molecule is c1cc(CCN2CCCCC2)nc(CN2CCOCC2)c1. The third-order valence-electron chi connectivity index (χ3n) is 4.49. The first-order chi connectivity index (χ1) is 10.4. The number of hydrogen-bond acceptors (Lipinski definition) is 4. The molecule has 0 aliphatic carbocycles. The van der Waals surface area contributed by atoms with Gasteiger partial charge in [-0.3, -0.25) is 9.88 Å². The van der Waals surface area contributed by atoms with E-state index < -0.39 is 0 Å². The van der Waals surface area contributed by atoms with E-state index in [9.17, 15) is 0 Å². The van der Waals surface area contributed by atoms with E-state index >= 15 is 0 Å². The summed E-state index contributed by atoms with van der Waals surface area (Å²) in [6, 6.07) is 6.49. The van der Waals surface area contributed by atoms with Crippen molar-refractivity contribution < 1.29 is 4.74 Å². The molecule has 1 aromatic heterocycles. The van der Waals surface area contributed by atoms with E-state index in [1.807, 2.05) is 0 Å². The molecule has 3 rings (SSSR count). The molecule has 2 aliphatic heterocycles. The highest BCUT2D eigenvalue weighted by Crippen LogP contribution is 2.10. The monoisotopic (exact) mass is 289 g/mol. The first-order valence-corrected chi connectivity index (χ1v) is 8.37. The molecule has 116 valence electrons. The normalized spacial score (nSPS) is 21.5. The lowest BCUT2D eigenvalue weighted by atomic mass is 10.1. The van der Waals surface area contributed by atoms with Crippen LogP contribution in [0.3, 0.4) is 0 Å². The van der Waals surface area contributed by atoms with Crippen LogP contribution in [0, 0.1) is 0 Å². The predicted molar refractivity (Wildman–Crippen MR) is 84.3 cm³/mol. The Morgan fingerprint density at radius 3 is 2.48 bits per heavy atom. The van der Waals surface area contributed by atoms with Gasteiger partial charge < -0.3 is 9.64 Å². The molecule has 0 N–H and O–H groups in total. The van der Waals surface area contributed by atoms with Gasteiger partial charge in [0.1, 0.15) is 0 Å². The largest absolute Gasteiger partial charge is 0.379 e. The standard InChI is InChI=1S/C17H27N3O/c1-2-8-19(9-3-1)10-7-16-5-4-6-17(18-16)15-20-11-13-21-14-12-20/h4-6H,1-3,7-15H2. The fourth-order valence-electron chi connectivity index (χ4n) is 3.20. The number of ether oxygens (including phenoxy) is 1. The van der Waals surface area contributed by atoms with E-state index in [2.05, 4.69) is 28.0 Å². The van der Waals surface area contributed by atoms with Gasteiger partial charge in [-0.1, -0.05) is 12.5 Å². The number of aromatic nitrogens is 1.